The Kier molecular flexibility index (Phi) is 7.40. The van der Waals surface area contributed by atoms with Gasteiger partial charge in [0.05, 0.1) is 0 Å². The lowest BCUT2D eigenvalue weighted by Crippen LogP contribution is -2.65. The number of hydrogen-bond acceptors (Lipinski definition) is 3. The molecule has 216 valence electrons. The second-order valence-corrected chi connectivity index (χ2v) is 12.9. The molecule has 4 aromatic rings. The summed E-state index contributed by atoms with van der Waals surface area (Å²) in [5, 5.41) is 3.29. The number of H-pyrrole nitrogens is 1. The van der Waals surface area contributed by atoms with Gasteiger partial charge in [-0.15, -0.1) is 0 Å². The standard InChI is InChI=1S/C32H28Cl4N4O2/c33-22-6-3-7-23(34)21(22)16-38-13-11-18(12-14-38)39-17-28(41)40-27(32(39)42)15-20-19-5-1-2-10-26(19)37-30(20)31(40)29-24(35)8-4-9-25(29)36/h1-10,18,27,31,37H,11-17H2/t27-,31-/m0/s1. The van der Waals surface area contributed by atoms with Crippen LogP contribution >= 0.6 is 46.4 Å². The molecule has 0 radical (unpaired) electrons. The van der Waals surface area contributed by atoms with Gasteiger partial charge in [-0.2, -0.15) is 0 Å². The molecule has 3 aliphatic rings. The van der Waals surface area contributed by atoms with Gasteiger partial charge in [0.2, 0.25) is 11.8 Å². The van der Waals surface area contributed by atoms with E-state index in [2.05, 4.69) is 16.0 Å². The van der Waals surface area contributed by atoms with Crippen molar-refractivity contribution < 1.29 is 9.59 Å². The lowest BCUT2D eigenvalue weighted by Gasteiger charge is -2.50. The molecule has 0 bridgehead atoms. The Morgan fingerprint density at radius 3 is 2.14 bits per heavy atom. The fourth-order valence-electron chi connectivity index (χ4n) is 6.97. The number of benzene rings is 3. The summed E-state index contributed by atoms with van der Waals surface area (Å²) >= 11 is 26.3. The minimum atomic E-state index is -0.643. The summed E-state index contributed by atoms with van der Waals surface area (Å²) in [6.07, 6.45) is 1.97. The number of aromatic nitrogens is 1. The molecule has 0 spiro atoms. The van der Waals surface area contributed by atoms with Crippen LogP contribution in [0.3, 0.4) is 0 Å². The Balaban J connectivity index is 1.19. The molecule has 0 aliphatic carbocycles. The summed E-state index contributed by atoms with van der Waals surface area (Å²) in [7, 11) is 0. The lowest BCUT2D eigenvalue weighted by molar-refractivity contribution is -0.161. The average molecular weight is 642 g/mol. The van der Waals surface area contributed by atoms with E-state index in [9.17, 15) is 9.59 Å². The molecule has 10 heteroatoms. The topological polar surface area (TPSA) is 59.7 Å². The number of piperidine rings is 1. The number of carbonyl (C=O) groups is 2. The second-order valence-electron chi connectivity index (χ2n) is 11.3. The largest absolute Gasteiger partial charge is 0.356 e. The Morgan fingerprint density at radius 2 is 1.45 bits per heavy atom. The fraction of sp³-hybridized carbons (Fsp3) is 0.312. The number of aromatic amines is 1. The summed E-state index contributed by atoms with van der Waals surface area (Å²) in [5.41, 5.74) is 4.41. The van der Waals surface area contributed by atoms with Crippen molar-refractivity contribution in [2.75, 3.05) is 19.6 Å². The van der Waals surface area contributed by atoms with Crippen molar-refractivity contribution in [3.05, 3.63) is 103 Å². The van der Waals surface area contributed by atoms with E-state index in [4.69, 9.17) is 46.4 Å². The first kappa shape index (κ1) is 28.1. The van der Waals surface area contributed by atoms with E-state index in [1.165, 1.54) is 0 Å². The Morgan fingerprint density at radius 1 is 0.810 bits per heavy atom. The van der Waals surface area contributed by atoms with Crippen molar-refractivity contribution in [1.29, 1.82) is 0 Å². The van der Waals surface area contributed by atoms with Crippen molar-refractivity contribution in [1.82, 2.24) is 19.7 Å². The van der Waals surface area contributed by atoms with Gasteiger partial charge >= 0.3 is 0 Å². The van der Waals surface area contributed by atoms with E-state index in [-0.39, 0.29) is 24.4 Å². The summed E-state index contributed by atoms with van der Waals surface area (Å²) < 4.78 is 0. The summed E-state index contributed by atoms with van der Waals surface area (Å²) in [4.78, 5) is 37.7. The van der Waals surface area contributed by atoms with Gasteiger partial charge in [0.15, 0.2) is 0 Å². The summed E-state index contributed by atoms with van der Waals surface area (Å²) in [6, 6.07) is 17.7. The van der Waals surface area contributed by atoms with E-state index >= 15 is 0 Å². The molecule has 1 N–H and O–H groups in total. The highest BCUT2D eigenvalue weighted by atomic mass is 35.5. The van der Waals surface area contributed by atoms with Gasteiger partial charge in [-0.25, -0.2) is 0 Å². The Hall–Kier alpha value is -2.74. The minimum Gasteiger partial charge on any atom is -0.356 e. The van der Waals surface area contributed by atoms with Crippen molar-refractivity contribution >= 4 is 69.1 Å². The third kappa shape index (κ3) is 4.68. The number of likely N-dealkylation sites (tertiary alicyclic amines) is 1. The number of para-hydroxylation sites is 1. The van der Waals surface area contributed by atoms with Gasteiger partial charge in [-0.05, 0) is 48.7 Å². The number of carbonyl (C=O) groups excluding carboxylic acids is 2. The molecule has 6 nitrogen and oxygen atoms in total. The van der Waals surface area contributed by atoms with Crippen LogP contribution in [0.1, 0.15) is 41.3 Å². The van der Waals surface area contributed by atoms with Crippen LogP contribution in [0.15, 0.2) is 60.7 Å². The number of nitrogens with zero attached hydrogens (tertiary/aromatic N) is 3. The molecule has 3 aromatic carbocycles. The maximum absolute atomic E-state index is 14.3. The van der Waals surface area contributed by atoms with Crippen LogP contribution in [-0.2, 0) is 22.6 Å². The highest BCUT2D eigenvalue weighted by Crippen LogP contribution is 2.46. The van der Waals surface area contributed by atoms with Crippen LogP contribution in [0.2, 0.25) is 20.1 Å². The van der Waals surface area contributed by atoms with Crippen LogP contribution in [0, 0.1) is 0 Å². The zero-order chi connectivity index (χ0) is 29.1. The van der Waals surface area contributed by atoms with Gasteiger partial charge in [0.25, 0.3) is 0 Å². The molecule has 7 rings (SSSR count). The number of piperazine rings is 1. The predicted molar refractivity (Wildman–Crippen MR) is 167 cm³/mol. The van der Waals surface area contributed by atoms with Gasteiger partial charge in [0, 0.05) is 79.9 Å². The van der Waals surface area contributed by atoms with E-state index in [0.717, 1.165) is 53.7 Å². The third-order valence-corrected chi connectivity index (χ3v) is 10.4. The summed E-state index contributed by atoms with van der Waals surface area (Å²) in [5.74, 6) is -0.124. The molecule has 0 unspecified atom stereocenters. The molecule has 2 amide bonds. The first-order valence-electron chi connectivity index (χ1n) is 14.1. The zero-order valence-electron chi connectivity index (χ0n) is 22.6. The Labute approximate surface area is 264 Å². The van der Waals surface area contributed by atoms with Crippen molar-refractivity contribution in [3.8, 4) is 0 Å². The van der Waals surface area contributed by atoms with Crippen LogP contribution < -0.4 is 0 Å². The number of hydrogen-bond donors (Lipinski definition) is 1. The quantitative estimate of drug-likeness (QED) is 0.258. The third-order valence-electron chi connectivity index (χ3n) is 9.01. The smallest absolute Gasteiger partial charge is 0.246 e. The average Bonchev–Trinajstić information content (AvgIpc) is 3.35. The van der Waals surface area contributed by atoms with Gasteiger partial charge < -0.3 is 14.8 Å². The Bertz CT molecular complexity index is 1670. The van der Waals surface area contributed by atoms with Crippen LogP contribution in [0.4, 0.5) is 0 Å². The van der Waals surface area contributed by atoms with Gasteiger partial charge in [-0.3, -0.25) is 14.5 Å². The number of amides is 2. The van der Waals surface area contributed by atoms with E-state index in [1.807, 2.05) is 41.3 Å². The van der Waals surface area contributed by atoms with Crippen molar-refractivity contribution in [2.24, 2.45) is 0 Å². The molecular weight excluding hydrogens is 614 g/mol. The molecule has 2 atom stereocenters. The number of halogens is 4. The maximum atomic E-state index is 14.3. The van der Waals surface area contributed by atoms with E-state index in [0.29, 0.717) is 38.6 Å². The zero-order valence-corrected chi connectivity index (χ0v) is 25.6. The van der Waals surface area contributed by atoms with Crippen LogP contribution in [0.25, 0.3) is 10.9 Å². The molecule has 2 fully saturated rings. The van der Waals surface area contributed by atoms with Crippen molar-refractivity contribution in [3.63, 3.8) is 0 Å². The van der Waals surface area contributed by atoms with E-state index in [1.54, 1.807) is 23.1 Å². The normalized spacial score (nSPS) is 21.6. The molecule has 42 heavy (non-hydrogen) atoms. The first-order valence-corrected chi connectivity index (χ1v) is 15.6. The minimum absolute atomic E-state index is 0.0201. The number of nitrogens with one attached hydrogen (secondary N) is 1. The highest BCUT2D eigenvalue weighted by molar-refractivity contribution is 6.36. The van der Waals surface area contributed by atoms with Crippen LogP contribution in [0.5, 0.6) is 0 Å². The number of fused-ring (bicyclic) bond motifs is 4. The van der Waals surface area contributed by atoms with Crippen molar-refractivity contribution in [2.45, 2.75) is 43.9 Å². The molecule has 0 saturated carbocycles. The second kappa shape index (κ2) is 11.1. The predicted octanol–water partition coefficient (Wildman–Crippen LogP) is 7.13. The highest BCUT2D eigenvalue weighted by Gasteiger charge is 2.50. The molecule has 1 aromatic heterocycles. The summed E-state index contributed by atoms with van der Waals surface area (Å²) in [6.45, 7) is 2.24. The molecule has 3 aliphatic heterocycles. The monoisotopic (exact) mass is 640 g/mol. The van der Waals surface area contributed by atoms with Gasteiger partial charge in [-0.1, -0.05) is 76.7 Å². The van der Waals surface area contributed by atoms with Gasteiger partial charge in [0.1, 0.15) is 18.6 Å². The molecular formula is C32H28Cl4N4O2. The maximum Gasteiger partial charge on any atom is 0.246 e. The lowest BCUT2D eigenvalue weighted by atomic mass is 9.85. The number of rotatable bonds is 4. The fourth-order valence-corrected chi connectivity index (χ4v) is 8.09. The first-order chi connectivity index (χ1) is 20.3. The van der Waals surface area contributed by atoms with Crippen LogP contribution in [-0.4, -0.2) is 63.2 Å². The van der Waals surface area contributed by atoms with E-state index < -0.39 is 12.1 Å². The molecule has 2 saturated heterocycles. The SMILES string of the molecule is O=C1[C@@H]2Cc3c([nH]c4ccccc34)[C@H](c3c(Cl)cccc3Cl)N2C(=O)CN1C1CCN(Cc2c(Cl)cccc2Cl)CC1. The molecule has 4 heterocycles.